The number of amides is 1. The van der Waals surface area contributed by atoms with Crippen LogP contribution in [0.4, 0.5) is 5.82 Å². The lowest BCUT2D eigenvalue weighted by atomic mass is 10.1. The van der Waals surface area contributed by atoms with Crippen molar-refractivity contribution in [3.8, 4) is 5.75 Å². The van der Waals surface area contributed by atoms with Crippen molar-refractivity contribution in [2.24, 2.45) is 0 Å². The molecule has 0 saturated heterocycles. The topological polar surface area (TPSA) is 69.0 Å². The van der Waals surface area contributed by atoms with Crippen LogP contribution in [0.3, 0.4) is 0 Å². The average molecular weight is 437 g/mol. The number of nitrogens with zero attached hydrogens (tertiary/aromatic N) is 3. The molecule has 0 fully saturated rings. The van der Waals surface area contributed by atoms with Gasteiger partial charge < -0.3 is 10.1 Å². The van der Waals surface area contributed by atoms with Gasteiger partial charge in [-0.1, -0.05) is 28.1 Å². The van der Waals surface area contributed by atoms with Crippen molar-refractivity contribution >= 4 is 38.4 Å². The Hall–Kier alpha value is -3.19. The summed E-state index contributed by atoms with van der Waals surface area (Å²) in [5.41, 5.74) is 1.09. The van der Waals surface area contributed by atoms with Gasteiger partial charge in [-0.3, -0.25) is 14.5 Å². The van der Waals surface area contributed by atoms with E-state index < -0.39 is 0 Å². The number of carbonyl (C=O) groups excluding carboxylic acids is 1. The molecule has 0 aliphatic rings. The van der Waals surface area contributed by atoms with Gasteiger partial charge in [0.1, 0.15) is 5.75 Å². The first-order chi connectivity index (χ1) is 13.7. The summed E-state index contributed by atoms with van der Waals surface area (Å²) in [5, 5.41) is 9.26. The number of hydrogen-bond acceptors (Lipinski definition) is 4. The standard InChI is InChI=1S/C21H17BrN4O2/c22-18-3-1-17-12-19(4-2-16(17)11-18)28-14-21(27)24-20-7-10-26(25-20)13-15-5-8-23-9-6-15/h1-12H,13-14H2,(H,24,25,27). The smallest absolute Gasteiger partial charge is 0.263 e. The summed E-state index contributed by atoms with van der Waals surface area (Å²) in [5.74, 6) is 0.879. The Morgan fingerprint density at radius 1 is 1.04 bits per heavy atom. The van der Waals surface area contributed by atoms with Crippen LogP contribution in [0.2, 0.25) is 0 Å². The molecule has 4 rings (SSSR count). The Morgan fingerprint density at radius 2 is 1.82 bits per heavy atom. The SMILES string of the molecule is O=C(COc1ccc2cc(Br)ccc2c1)Nc1ccn(Cc2ccncc2)n1. The molecule has 4 aromatic rings. The third kappa shape index (κ3) is 4.55. The van der Waals surface area contributed by atoms with Gasteiger partial charge in [-0.15, -0.1) is 0 Å². The first-order valence-corrected chi connectivity index (χ1v) is 9.49. The molecule has 0 atom stereocenters. The van der Waals surface area contributed by atoms with E-state index in [-0.39, 0.29) is 12.5 Å². The van der Waals surface area contributed by atoms with Gasteiger partial charge in [-0.2, -0.15) is 5.10 Å². The predicted molar refractivity (Wildman–Crippen MR) is 111 cm³/mol. The van der Waals surface area contributed by atoms with Crippen molar-refractivity contribution in [1.29, 1.82) is 0 Å². The van der Waals surface area contributed by atoms with Gasteiger partial charge in [0.15, 0.2) is 12.4 Å². The number of ether oxygens (including phenoxy) is 1. The molecule has 0 aliphatic carbocycles. The van der Waals surface area contributed by atoms with Crippen LogP contribution in [0, 0.1) is 0 Å². The molecule has 1 N–H and O–H groups in total. The summed E-state index contributed by atoms with van der Waals surface area (Å²) in [4.78, 5) is 16.2. The van der Waals surface area contributed by atoms with Gasteiger partial charge in [0.05, 0.1) is 6.54 Å². The number of fused-ring (bicyclic) bond motifs is 1. The highest BCUT2D eigenvalue weighted by atomic mass is 79.9. The molecule has 0 aliphatic heterocycles. The Bertz CT molecular complexity index is 1110. The summed E-state index contributed by atoms with van der Waals surface area (Å²) in [6.07, 6.45) is 5.30. The molecule has 1 amide bonds. The molecular formula is C21H17BrN4O2. The lowest BCUT2D eigenvalue weighted by Gasteiger charge is -2.07. The van der Waals surface area contributed by atoms with E-state index in [9.17, 15) is 4.79 Å². The van der Waals surface area contributed by atoms with E-state index in [1.54, 1.807) is 23.1 Å². The number of pyridine rings is 1. The lowest BCUT2D eigenvalue weighted by Crippen LogP contribution is -2.20. The zero-order chi connectivity index (χ0) is 19.3. The molecule has 0 spiro atoms. The maximum atomic E-state index is 12.2. The first-order valence-electron chi connectivity index (χ1n) is 8.70. The van der Waals surface area contributed by atoms with Crippen molar-refractivity contribution in [3.63, 3.8) is 0 Å². The van der Waals surface area contributed by atoms with Crippen LogP contribution in [-0.4, -0.2) is 27.3 Å². The fraction of sp³-hybridized carbons (Fsp3) is 0.0952. The number of carbonyl (C=O) groups is 1. The van der Waals surface area contributed by atoms with E-state index in [1.165, 1.54) is 0 Å². The monoisotopic (exact) mass is 436 g/mol. The highest BCUT2D eigenvalue weighted by Crippen LogP contribution is 2.24. The maximum absolute atomic E-state index is 12.2. The third-order valence-corrected chi connectivity index (χ3v) is 4.64. The summed E-state index contributed by atoms with van der Waals surface area (Å²) in [6, 6.07) is 17.4. The third-order valence-electron chi connectivity index (χ3n) is 4.15. The number of rotatable bonds is 6. The van der Waals surface area contributed by atoms with Crippen LogP contribution >= 0.6 is 15.9 Å². The van der Waals surface area contributed by atoms with E-state index in [0.29, 0.717) is 18.1 Å². The van der Waals surface area contributed by atoms with Crippen LogP contribution in [0.5, 0.6) is 5.75 Å². The summed E-state index contributed by atoms with van der Waals surface area (Å²) in [6.45, 7) is 0.529. The lowest BCUT2D eigenvalue weighted by molar-refractivity contribution is -0.118. The fourth-order valence-corrected chi connectivity index (χ4v) is 3.18. The van der Waals surface area contributed by atoms with Crippen LogP contribution in [0.1, 0.15) is 5.56 Å². The van der Waals surface area contributed by atoms with E-state index in [1.807, 2.05) is 54.7 Å². The van der Waals surface area contributed by atoms with E-state index >= 15 is 0 Å². The molecule has 7 heteroatoms. The van der Waals surface area contributed by atoms with E-state index in [2.05, 4.69) is 31.3 Å². The number of anilines is 1. The van der Waals surface area contributed by atoms with Crippen molar-refractivity contribution < 1.29 is 9.53 Å². The summed E-state index contributed by atoms with van der Waals surface area (Å²) < 4.78 is 8.40. The Kier molecular flexibility index (Phi) is 5.34. The normalized spacial score (nSPS) is 10.8. The van der Waals surface area contributed by atoms with Crippen molar-refractivity contribution in [3.05, 3.63) is 83.2 Å². The van der Waals surface area contributed by atoms with Gasteiger partial charge >= 0.3 is 0 Å². The number of aromatic nitrogens is 3. The summed E-state index contributed by atoms with van der Waals surface area (Å²) in [7, 11) is 0. The Labute approximate surface area is 170 Å². The van der Waals surface area contributed by atoms with Gasteiger partial charge in [0.25, 0.3) is 5.91 Å². The zero-order valence-electron chi connectivity index (χ0n) is 14.9. The van der Waals surface area contributed by atoms with E-state index in [0.717, 1.165) is 20.8 Å². The highest BCUT2D eigenvalue weighted by Gasteiger charge is 2.07. The van der Waals surface area contributed by atoms with Crippen LogP contribution in [0.15, 0.2) is 77.7 Å². The second-order valence-corrected chi connectivity index (χ2v) is 7.16. The highest BCUT2D eigenvalue weighted by molar-refractivity contribution is 9.10. The van der Waals surface area contributed by atoms with E-state index in [4.69, 9.17) is 4.74 Å². The van der Waals surface area contributed by atoms with Crippen LogP contribution in [-0.2, 0) is 11.3 Å². The second kappa shape index (κ2) is 8.22. The van der Waals surface area contributed by atoms with Crippen molar-refractivity contribution in [2.75, 3.05) is 11.9 Å². The molecule has 2 aromatic carbocycles. The van der Waals surface area contributed by atoms with Crippen molar-refractivity contribution in [1.82, 2.24) is 14.8 Å². The maximum Gasteiger partial charge on any atom is 0.263 e. The van der Waals surface area contributed by atoms with Crippen molar-refractivity contribution in [2.45, 2.75) is 6.54 Å². The Balaban J connectivity index is 1.33. The number of benzene rings is 2. The molecule has 6 nitrogen and oxygen atoms in total. The molecule has 0 unspecified atom stereocenters. The minimum Gasteiger partial charge on any atom is -0.484 e. The molecule has 0 saturated carbocycles. The number of nitrogens with one attached hydrogen (secondary N) is 1. The second-order valence-electron chi connectivity index (χ2n) is 6.24. The number of hydrogen-bond donors (Lipinski definition) is 1. The molecule has 2 heterocycles. The minimum atomic E-state index is -0.259. The zero-order valence-corrected chi connectivity index (χ0v) is 16.5. The summed E-state index contributed by atoms with van der Waals surface area (Å²) >= 11 is 3.46. The molecular weight excluding hydrogens is 420 g/mol. The molecule has 0 radical (unpaired) electrons. The minimum absolute atomic E-state index is 0.0841. The van der Waals surface area contributed by atoms with Gasteiger partial charge in [0, 0.05) is 29.1 Å². The number of halogens is 1. The molecule has 0 bridgehead atoms. The van der Waals surface area contributed by atoms with Crippen LogP contribution < -0.4 is 10.1 Å². The van der Waals surface area contributed by atoms with Gasteiger partial charge in [0.2, 0.25) is 0 Å². The largest absolute Gasteiger partial charge is 0.484 e. The average Bonchev–Trinajstić information content (AvgIpc) is 3.13. The quantitative estimate of drug-likeness (QED) is 0.490. The Morgan fingerprint density at radius 3 is 2.68 bits per heavy atom. The molecule has 28 heavy (non-hydrogen) atoms. The molecule has 2 aromatic heterocycles. The molecule has 140 valence electrons. The van der Waals surface area contributed by atoms with Gasteiger partial charge in [-0.05, 0) is 52.7 Å². The predicted octanol–water partition coefficient (Wildman–Crippen LogP) is 4.26. The van der Waals surface area contributed by atoms with Crippen LogP contribution in [0.25, 0.3) is 10.8 Å². The fourth-order valence-electron chi connectivity index (χ4n) is 2.80. The first kappa shape index (κ1) is 18.2. The van der Waals surface area contributed by atoms with Gasteiger partial charge in [-0.25, -0.2) is 0 Å².